The van der Waals surface area contributed by atoms with Crippen molar-refractivity contribution in [1.29, 1.82) is 0 Å². The highest BCUT2D eigenvalue weighted by Crippen LogP contribution is 2.17. The molecule has 1 saturated heterocycles. The van der Waals surface area contributed by atoms with Crippen LogP contribution in [0.3, 0.4) is 0 Å². The molecular weight excluding hydrogens is 186 g/mol. The molecule has 0 radical (unpaired) electrons. The summed E-state index contributed by atoms with van der Waals surface area (Å²) in [6, 6.07) is 0. The normalized spacial score (nSPS) is 20.7. The van der Waals surface area contributed by atoms with E-state index in [1.165, 1.54) is 12.0 Å². The van der Waals surface area contributed by atoms with Gasteiger partial charge in [0, 0.05) is 13.1 Å². The van der Waals surface area contributed by atoms with Gasteiger partial charge in [0.05, 0.1) is 19.6 Å². The fourth-order valence-electron chi connectivity index (χ4n) is 1.50. The monoisotopic (exact) mass is 201 g/mol. The molecule has 0 aliphatic carbocycles. The van der Waals surface area contributed by atoms with Crippen molar-refractivity contribution in [2.45, 2.75) is 13.3 Å². The average Bonchev–Trinajstić information content (AvgIpc) is 2.66. The number of carbonyl (C=O) groups is 2. The number of amides is 1. The van der Waals surface area contributed by atoms with Gasteiger partial charge in [0.1, 0.15) is 0 Å². The largest absolute Gasteiger partial charge is 0.469 e. The van der Waals surface area contributed by atoms with E-state index >= 15 is 0 Å². The zero-order valence-electron chi connectivity index (χ0n) is 8.49. The van der Waals surface area contributed by atoms with E-state index in [1.54, 1.807) is 6.92 Å². The van der Waals surface area contributed by atoms with E-state index in [0.717, 1.165) is 0 Å². The third-order valence-electron chi connectivity index (χ3n) is 2.25. The van der Waals surface area contributed by atoms with Crippen molar-refractivity contribution in [3.8, 4) is 0 Å². The molecule has 1 rings (SSSR count). The highest BCUT2D eigenvalue weighted by molar-refractivity contribution is 5.75. The smallest absolute Gasteiger partial charge is 0.409 e. The van der Waals surface area contributed by atoms with Crippen LogP contribution in [0.15, 0.2) is 0 Å². The zero-order chi connectivity index (χ0) is 10.6. The predicted octanol–water partition coefficient (Wildman–Crippen LogP) is 0.638. The lowest BCUT2D eigenvalue weighted by Gasteiger charge is -2.14. The van der Waals surface area contributed by atoms with Gasteiger partial charge < -0.3 is 14.4 Å². The van der Waals surface area contributed by atoms with Crippen molar-refractivity contribution in [3.05, 3.63) is 0 Å². The molecule has 0 aromatic carbocycles. The van der Waals surface area contributed by atoms with Crippen molar-refractivity contribution in [3.63, 3.8) is 0 Å². The van der Waals surface area contributed by atoms with Gasteiger partial charge in [-0.25, -0.2) is 4.79 Å². The van der Waals surface area contributed by atoms with Crippen LogP contribution in [0, 0.1) is 5.92 Å². The van der Waals surface area contributed by atoms with Crippen LogP contribution in [-0.4, -0.2) is 43.8 Å². The van der Waals surface area contributed by atoms with Gasteiger partial charge in [-0.15, -0.1) is 0 Å². The topological polar surface area (TPSA) is 55.8 Å². The number of ether oxygens (including phenoxy) is 2. The Labute approximate surface area is 83.0 Å². The lowest BCUT2D eigenvalue weighted by atomic mass is 10.1. The number of esters is 1. The van der Waals surface area contributed by atoms with Crippen LogP contribution in [-0.2, 0) is 14.3 Å². The van der Waals surface area contributed by atoms with Crippen molar-refractivity contribution in [1.82, 2.24) is 4.90 Å². The summed E-state index contributed by atoms with van der Waals surface area (Å²) in [6.07, 6.45) is 0.310. The summed E-state index contributed by atoms with van der Waals surface area (Å²) < 4.78 is 9.43. The van der Waals surface area contributed by atoms with Gasteiger partial charge in [-0.2, -0.15) is 0 Å². The van der Waals surface area contributed by atoms with Crippen LogP contribution >= 0.6 is 0 Å². The van der Waals surface area contributed by atoms with Crippen LogP contribution in [0.1, 0.15) is 13.3 Å². The Kier molecular flexibility index (Phi) is 3.73. The minimum atomic E-state index is -0.348. The molecule has 14 heavy (non-hydrogen) atoms. The van der Waals surface area contributed by atoms with Crippen molar-refractivity contribution in [2.75, 3.05) is 26.8 Å². The van der Waals surface area contributed by atoms with E-state index in [4.69, 9.17) is 4.74 Å². The van der Waals surface area contributed by atoms with Gasteiger partial charge in [-0.1, -0.05) is 0 Å². The van der Waals surface area contributed by atoms with Gasteiger partial charge in [-0.05, 0) is 13.3 Å². The minimum Gasteiger partial charge on any atom is -0.469 e. The number of hydrogen-bond acceptors (Lipinski definition) is 4. The highest BCUT2D eigenvalue weighted by Gasteiger charge is 2.32. The van der Waals surface area contributed by atoms with Crippen LogP contribution in [0.4, 0.5) is 4.79 Å². The molecule has 1 aliphatic rings. The van der Waals surface area contributed by atoms with Crippen molar-refractivity contribution in [2.24, 2.45) is 5.92 Å². The van der Waals surface area contributed by atoms with Crippen LogP contribution in [0.5, 0.6) is 0 Å². The van der Waals surface area contributed by atoms with E-state index in [-0.39, 0.29) is 18.0 Å². The number of methoxy groups -OCH3 is 1. The summed E-state index contributed by atoms with van der Waals surface area (Å²) in [6.45, 7) is 3.09. The van der Waals surface area contributed by atoms with Gasteiger partial charge in [0.15, 0.2) is 0 Å². The summed E-state index contributed by atoms with van der Waals surface area (Å²) in [7, 11) is 1.36. The van der Waals surface area contributed by atoms with E-state index in [0.29, 0.717) is 26.1 Å². The number of nitrogens with zero attached hydrogens (tertiary/aromatic N) is 1. The molecule has 0 saturated carbocycles. The van der Waals surface area contributed by atoms with Crippen LogP contribution in [0.25, 0.3) is 0 Å². The zero-order valence-corrected chi connectivity index (χ0v) is 8.49. The summed E-state index contributed by atoms with van der Waals surface area (Å²) >= 11 is 0. The Bertz CT molecular complexity index is 229. The van der Waals surface area contributed by atoms with Gasteiger partial charge in [0.2, 0.25) is 0 Å². The molecule has 1 heterocycles. The van der Waals surface area contributed by atoms with Crippen molar-refractivity contribution < 1.29 is 19.1 Å². The predicted molar refractivity (Wildman–Crippen MR) is 48.7 cm³/mol. The maximum absolute atomic E-state index is 11.3. The Hall–Kier alpha value is -1.26. The second-order valence-electron chi connectivity index (χ2n) is 3.15. The molecule has 1 aliphatic heterocycles. The first-order valence-corrected chi connectivity index (χ1v) is 4.68. The molecule has 0 N–H and O–H groups in total. The molecule has 0 bridgehead atoms. The fraction of sp³-hybridized carbons (Fsp3) is 0.778. The minimum absolute atomic E-state index is 0.190. The van der Waals surface area contributed by atoms with Crippen molar-refractivity contribution >= 4 is 12.1 Å². The lowest BCUT2D eigenvalue weighted by Crippen LogP contribution is -2.30. The quantitative estimate of drug-likeness (QED) is 0.615. The SMILES string of the molecule is CCOC(=O)N1CCC(C(=O)OC)C1. The van der Waals surface area contributed by atoms with Gasteiger partial charge in [0.25, 0.3) is 0 Å². The van der Waals surface area contributed by atoms with E-state index in [1.807, 2.05) is 0 Å². The average molecular weight is 201 g/mol. The summed E-state index contributed by atoms with van der Waals surface area (Å²) in [5.74, 6) is -0.443. The van der Waals surface area contributed by atoms with E-state index < -0.39 is 0 Å². The Morgan fingerprint density at radius 2 is 2.21 bits per heavy atom. The Balaban J connectivity index is 2.41. The summed E-state index contributed by atoms with van der Waals surface area (Å²) in [5, 5.41) is 0. The summed E-state index contributed by atoms with van der Waals surface area (Å²) in [4.78, 5) is 23.9. The lowest BCUT2D eigenvalue weighted by molar-refractivity contribution is -0.144. The molecule has 5 nitrogen and oxygen atoms in total. The second kappa shape index (κ2) is 4.83. The fourth-order valence-corrected chi connectivity index (χ4v) is 1.50. The first kappa shape index (κ1) is 10.8. The standard InChI is InChI=1S/C9H15NO4/c1-3-14-9(12)10-5-4-7(6-10)8(11)13-2/h7H,3-6H2,1-2H3. The van der Waals surface area contributed by atoms with E-state index in [2.05, 4.69) is 4.74 Å². The van der Waals surface area contributed by atoms with Gasteiger partial charge >= 0.3 is 12.1 Å². The summed E-state index contributed by atoms with van der Waals surface area (Å²) in [5.41, 5.74) is 0. The molecular formula is C9H15NO4. The molecule has 80 valence electrons. The Morgan fingerprint density at radius 1 is 1.50 bits per heavy atom. The molecule has 1 fully saturated rings. The van der Waals surface area contributed by atoms with E-state index in [9.17, 15) is 9.59 Å². The number of likely N-dealkylation sites (tertiary alicyclic amines) is 1. The molecule has 0 spiro atoms. The molecule has 5 heteroatoms. The molecule has 0 aromatic rings. The number of hydrogen-bond donors (Lipinski definition) is 0. The molecule has 1 unspecified atom stereocenters. The molecule has 1 atom stereocenters. The first-order chi connectivity index (χ1) is 6.69. The first-order valence-electron chi connectivity index (χ1n) is 4.68. The Morgan fingerprint density at radius 3 is 2.79 bits per heavy atom. The third kappa shape index (κ3) is 2.37. The number of carbonyl (C=O) groups excluding carboxylic acids is 2. The molecule has 0 aromatic heterocycles. The maximum Gasteiger partial charge on any atom is 0.409 e. The number of rotatable bonds is 2. The highest BCUT2D eigenvalue weighted by atomic mass is 16.6. The van der Waals surface area contributed by atoms with Gasteiger partial charge in [-0.3, -0.25) is 4.79 Å². The molecule has 1 amide bonds. The van der Waals surface area contributed by atoms with Crippen LogP contribution in [0.2, 0.25) is 0 Å². The van der Waals surface area contributed by atoms with Crippen LogP contribution < -0.4 is 0 Å². The second-order valence-corrected chi connectivity index (χ2v) is 3.15. The third-order valence-corrected chi connectivity index (χ3v) is 2.25. The maximum atomic E-state index is 11.3.